The molecule has 74 heavy (non-hydrogen) atoms. The molecule has 420 valence electrons. The van der Waals surface area contributed by atoms with Crippen LogP contribution in [0.1, 0.15) is 271 Å². The van der Waals surface area contributed by atoms with Crippen LogP contribution in [-0.2, 0) is 28.6 Å². The van der Waals surface area contributed by atoms with Gasteiger partial charge in [0.15, 0.2) is 6.10 Å². The van der Waals surface area contributed by atoms with Crippen LogP contribution < -0.4 is 0 Å². The molecule has 0 aromatic rings. The summed E-state index contributed by atoms with van der Waals surface area (Å²) in [4.78, 5) is 38.2. The number of hydrogen-bond acceptors (Lipinski definition) is 6. The standard InChI is InChI=1S/C68H112O6/c1-4-7-10-13-16-19-22-25-27-29-31-33-34-35-37-38-40-43-46-49-52-55-58-61-67(70)73-64-65(63-72-66(69)60-57-54-51-48-45-42-24-21-18-15-12-9-6-3)74-68(71)62-59-56-53-50-47-44-41-39-36-32-30-28-26-23-20-17-14-11-8-5-2/h7,9-10,12,16,18-19,21,25,27,31,33,35,37,40,42-43,45,51,54,65H,4-6,8,11,13-15,17,20,22-24,26,28-30,32,34,36,38-39,41,44,46-50,52-53,55-64H2,1-3H3/b10-7-,12-9-,19-16-,21-18-,27-25-,33-31-,37-35-,43-40-,45-42-,54-51-. The van der Waals surface area contributed by atoms with Gasteiger partial charge in [0, 0.05) is 19.3 Å². The maximum Gasteiger partial charge on any atom is 0.306 e. The van der Waals surface area contributed by atoms with Crippen molar-refractivity contribution in [2.45, 2.75) is 277 Å². The van der Waals surface area contributed by atoms with E-state index in [-0.39, 0.29) is 37.5 Å². The van der Waals surface area contributed by atoms with Crippen molar-refractivity contribution in [1.29, 1.82) is 0 Å². The molecular weight excluding hydrogens is 913 g/mol. The molecule has 0 aromatic carbocycles. The number of esters is 3. The van der Waals surface area contributed by atoms with Crippen molar-refractivity contribution in [1.82, 2.24) is 0 Å². The van der Waals surface area contributed by atoms with E-state index in [1.165, 1.54) is 109 Å². The Labute approximate surface area is 456 Å². The third kappa shape index (κ3) is 58.7. The quantitative estimate of drug-likeness (QED) is 0.0261. The topological polar surface area (TPSA) is 78.9 Å². The summed E-state index contributed by atoms with van der Waals surface area (Å²) >= 11 is 0. The van der Waals surface area contributed by atoms with E-state index in [1.54, 1.807) is 0 Å². The number of rotatable bonds is 54. The van der Waals surface area contributed by atoms with E-state index in [2.05, 4.69) is 136 Å². The third-order valence-corrected chi connectivity index (χ3v) is 12.7. The zero-order valence-electron chi connectivity index (χ0n) is 48.1. The first kappa shape index (κ1) is 69.8. The largest absolute Gasteiger partial charge is 0.462 e. The van der Waals surface area contributed by atoms with E-state index >= 15 is 0 Å². The minimum atomic E-state index is -0.820. The van der Waals surface area contributed by atoms with Crippen molar-refractivity contribution in [3.63, 3.8) is 0 Å². The normalized spacial score (nSPS) is 13.0. The smallest absolute Gasteiger partial charge is 0.306 e. The van der Waals surface area contributed by atoms with Crippen LogP contribution in [-0.4, -0.2) is 37.2 Å². The van der Waals surface area contributed by atoms with Gasteiger partial charge in [-0.15, -0.1) is 0 Å². The maximum absolute atomic E-state index is 12.9. The molecule has 1 atom stereocenters. The summed E-state index contributed by atoms with van der Waals surface area (Å²) in [5, 5.41) is 0. The van der Waals surface area contributed by atoms with Gasteiger partial charge in [0.2, 0.25) is 0 Å². The van der Waals surface area contributed by atoms with Crippen LogP contribution in [0.15, 0.2) is 122 Å². The molecule has 0 aromatic heterocycles. The lowest BCUT2D eigenvalue weighted by Crippen LogP contribution is -2.30. The predicted molar refractivity (Wildman–Crippen MR) is 320 cm³/mol. The lowest BCUT2D eigenvalue weighted by atomic mass is 10.0. The highest BCUT2D eigenvalue weighted by atomic mass is 16.6. The van der Waals surface area contributed by atoms with E-state index < -0.39 is 6.10 Å². The van der Waals surface area contributed by atoms with E-state index in [0.717, 1.165) is 116 Å². The molecule has 0 radical (unpaired) electrons. The van der Waals surface area contributed by atoms with Crippen molar-refractivity contribution in [3.8, 4) is 0 Å². The van der Waals surface area contributed by atoms with Gasteiger partial charge in [0.25, 0.3) is 0 Å². The summed E-state index contributed by atoms with van der Waals surface area (Å²) < 4.78 is 16.8. The van der Waals surface area contributed by atoms with Crippen LogP contribution >= 0.6 is 0 Å². The Bertz CT molecular complexity index is 1550. The van der Waals surface area contributed by atoms with Gasteiger partial charge in [-0.25, -0.2) is 0 Å². The number of unbranched alkanes of at least 4 members (excludes halogenated alkanes) is 23. The Hall–Kier alpha value is -4.19. The van der Waals surface area contributed by atoms with Crippen molar-refractivity contribution in [3.05, 3.63) is 122 Å². The fraction of sp³-hybridized carbons (Fsp3) is 0.662. The maximum atomic E-state index is 12.9. The van der Waals surface area contributed by atoms with Gasteiger partial charge in [-0.3, -0.25) is 14.4 Å². The minimum absolute atomic E-state index is 0.114. The second-order valence-electron chi connectivity index (χ2n) is 19.9. The van der Waals surface area contributed by atoms with Crippen molar-refractivity contribution >= 4 is 17.9 Å². The highest BCUT2D eigenvalue weighted by Crippen LogP contribution is 2.16. The van der Waals surface area contributed by atoms with Crippen LogP contribution in [0.3, 0.4) is 0 Å². The number of carbonyl (C=O) groups excluding carboxylic acids is 3. The number of ether oxygens (including phenoxy) is 3. The van der Waals surface area contributed by atoms with E-state index in [0.29, 0.717) is 19.3 Å². The molecule has 0 aliphatic carbocycles. The van der Waals surface area contributed by atoms with Crippen molar-refractivity contribution in [2.75, 3.05) is 13.2 Å². The van der Waals surface area contributed by atoms with Gasteiger partial charge in [-0.05, 0) is 96.3 Å². The molecule has 0 bridgehead atoms. The number of carbonyl (C=O) groups is 3. The average molecular weight is 1030 g/mol. The molecule has 0 spiro atoms. The zero-order chi connectivity index (χ0) is 53.6. The Kier molecular flexibility index (Phi) is 57.9. The minimum Gasteiger partial charge on any atom is -0.462 e. The van der Waals surface area contributed by atoms with Gasteiger partial charge in [0.05, 0.1) is 0 Å². The highest BCUT2D eigenvalue weighted by Gasteiger charge is 2.19. The van der Waals surface area contributed by atoms with Crippen molar-refractivity contribution < 1.29 is 28.6 Å². The van der Waals surface area contributed by atoms with Crippen LogP contribution in [0, 0.1) is 0 Å². The van der Waals surface area contributed by atoms with E-state index in [9.17, 15) is 14.4 Å². The molecule has 0 saturated carbocycles. The summed E-state index contributed by atoms with van der Waals surface area (Å²) in [6.07, 6.45) is 85.0. The molecule has 0 N–H and O–H groups in total. The van der Waals surface area contributed by atoms with Gasteiger partial charge in [-0.2, -0.15) is 0 Å². The first-order valence-corrected chi connectivity index (χ1v) is 30.5. The van der Waals surface area contributed by atoms with Crippen LogP contribution in [0.2, 0.25) is 0 Å². The van der Waals surface area contributed by atoms with Gasteiger partial charge in [-0.1, -0.05) is 277 Å². The third-order valence-electron chi connectivity index (χ3n) is 12.7. The molecule has 0 heterocycles. The first-order valence-electron chi connectivity index (χ1n) is 30.5. The summed E-state index contributed by atoms with van der Waals surface area (Å²) in [5.41, 5.74) is 0. The van der Waals surface area contributed by atoms with Gasteiger partial charge < -0.3 is 14.2 Å². The SMILES string of the molecule is CC/C=C\C/C=C\C/C=C\C/C=C\C/C=C\C/C=C\CCCCCCC(=O)OCC(COC(=O)CC/C=C\C/C=C\C/C=C\C/C=C\CC)OC(=O)CCCCCCCCCCCCCCCCCCCCCC. The van der Waals surface area contributed by atoms with E-state index in [4.69, 9.17) is 14.2 Å². The second kappa shape index (κ2) is 61.4. The molecule has 0 saturated heterocycles. The van der Waals surface area contributed by atoms with Gasteiger partial charge in [0.1, 0.15) is 13.2 Å². The molecule has 1 unspecified atom stereocenters. The zero-order valence-corrected chi connectivity index (χ0v) is 48.1. The highest BCUT2D eigenvalue weighted by molar-refractivity contribution is 5.71. The summed E-state index contributed by atoms with van der Waals surface area (Å²) in [6.45, 7) is 6.34. The molecule has 6 nitrogen and oxygen atoms in total. The van der Waals surface area contributed by atoms with Gasteiger partial charge >= 0.3 is 17.9 Å². The summed E-state index contributed by atoms with van der Waals surface area (Å²) in [5.74, 6) is -1.02. The first-order chi connectivity index (χ1) is 36.5. The molecule has 0 aliphatic rings. The van der Waals surface area contributed by atoms with Crippen LogP contribution in [0.5, 0.6) is 0 Å². The van der Waals surface area contributed by atoms with Crippen LogP contribution in [0.25, 0.3) is 0 Å². The molecule has 0 amide bonds. The molecular formula is C68H112O6. The van der Waals surface area contributed by atoms with Crippen molar-refractivity contribution in [2.24, 2.45) is 0 Å². The second-order valence-corrected chi connectivity index (χ2v) is 19.9. The Morgan fingerprint density at radius 3 is 0.905 bits per heavy atom. The fourth-order valence-corrected chi connectivity index (χ4v) is 8.23. The predicted octanol–water partition coefficient (Wildman–Crippen LogP) is 20.8. The fourth-order valence-electron chi connectivity index (χ4n) is 8.23. The summed E-state index contributed by atoms with van der Waals surface area (Å²) in [6, 6.07) is 0. The average Bonchev–Trinajstić information content (AvgIpc) is 3.40. The Morgan fingerprint density at radius 1 is 0.284 bits per heavy atom. The molecule has 6 heteroatoms. The molecule has 0 rings (SSSR count). The summed E-state index contributed by atoms with van der Waals surface area (Å²) in [7, 11) is 0. The number of allylic oxidation sites excluding steroid dienone is 20. The van der Waals surface area contributed by atoms with Crippen LogP contribution in [0.4, 0.5) is 0 Å². The Morgan fingerprint density at radius 2 is 0.554 bits per heavy atom. The van der Waals surface area contributed by atoms with E-state index in [1.807, 2.05) is 6.08 Å². The molecule has 0 aliphatic heterocycles. The molecule has 0 fully saturated rings. The Balaban J connectivity index is 4.45. The monoisotopic (exact) mass is 1020 g/mol. The number of hydrogen-bond donors (Lipinski definition) is 0. The lowest BCUT2D eigenvalue weighted by molar-refractivity contribution is -0.166. The lowest BCUT2D eigenvalue weighted by Gasteiger charge is -2.18.